The normalized spacial score (nSPS) is 15.8. The first-order chi connectivity index (χ1) is 6.53. The summed E-state index contributed by atoms with van der Waals surface area (Å²) < 4.78 is 31.2. The second kappa shape index (κ2) is 3.59. The molecule has 0 amide bonds. The van der Waals surface area contributed by atoms with Crippen molar-refractivity contribution in [3.63, 3.8) is 0 Å². The summed E-state index contributed by atoms with van der Waals surface area (Å²) >= 11 is 0. The fourth-order valence-electron chi connectivity index (χ4n) is 1.37. The van der Waals surface area contributed by atoms with E-state index in [1.165, 1.54) is 6.07 Å². The molecular weight excluding hydrogens is 222 g/mol. The molecule has 0 aliphatic carbocycles. The first-order valence-electron chi connectivity index (χ1n) is 4.08. The third-order valence-electron chi connectivity index (χ3n) is 1.99. The molecule has 6 nitrogen and oxygen atoms in total. The van der Waals surface area contributed by atoms with Gasteiger partial charge in [0.05, 0.1) is 0 Å². The van der Waals surface area contributed by atoms with E-state index in [2.05, 4.69) is 8.37 Å². The number of anilines is 1. The smallest absolute Gasteiger partial charge is 0.412 e. The van der Waals surface area contributed by atoms with Crippen LogP contribution in [0.15, 0.2) is 12.1 Å². The van der Waals surface area contributed by atoms with Crippen molar-refractivity contribution in [2.45, 2.75) is 13.3 Å². The van der Waals surface area contributed by atoms with Gasteiger partial charge in [0, 0.05) is 11.3 Å². The van der Waals surface area contributed by atoms with Crippen molar-refractivity contribution in [2.75, 3.05) is 5.73 Å². The molecule has 0 saturated carbocycles. The molecule has 0 aromatic heterocycles. The Morgan fingerprint density at radius 2 is 2.00 bits per heavy atom. The number of benzene rings is 1. The highest BCUT2D eigenvalue weighted by Crippen LogP contribution is 2.41. The Kier molecular flexibility index (Phi) is 2.78. The van der Waals surface area contributed by atoms with Crippen LogP contribution in [0.2, 0.25) is 0 Å². The number of fused-ring (bicyclic) bond motifs is 1. The molecular formula is C8H11NO5S. The molecule has 0 fully saturated rings. The van der Waals surface area contributed by atoms with Gasteiger partial charge in [-0.05, 0) is 18.6 Å². The highest BCUT2D eigenvalue weighted by Gasteiger charge is 2.31. The average molecular weight is 233 g/mol. The van der Waals surface area contributed by atoms with Crippen molar-refractivity contribution in [2.24, 2.45) is 0 Å². The SMILES string of the molecule is CCc1c(N)ccc2c1OS(=O)(=O)O2.O. The molecule has 4 N–H and O–H groups in total. The lowest BCUT2D eigenvalue weighted by Gasteiger charge is -2.04. The monoisotopic (exact) mass is 233 g/mol. The van der Waals surface area contributed by atoms with Gasteiger partial charge in [-0.2, -0.15) is 0 Å². The minimum absolute atomic E-state index is 0. The Balaban J connectivity index is 0.00000112. The van der Waals surface area contributed by atoms with E-state index in [-0.39, 0.29) is 17.0 Å². The molecule has 0 unspecified atom stereocenters. The van der Waals surface area contributed by atoms with E-state index in [0.717, 1.165) is 0 Å². The van der Waals surface area contributed by atoms with E-state index >= 15 is 0 Å². The molecule has 1 aliphatic heterocycles. The number of hydrogen-bond acceptors (Lipinski definition) is 5. The first-order valence-corrected chi connectivity index (χ1v) is 5.42. The summed E-state index contributed by atoms with van der Waals surface area (Å²) in [5.41, 5.74) is 6.82. The summed E-state index contributed by atoms with van der Waals surface area (Å²) in [6.45, 7) is 1.86. The summed E-state index contributed by atoms with van der Waals surface area (Å²) in [6.07, 6.45) is 0.591. The van der Waals surface area contributed by atoms with Crippen molar-refractivity contribution >= 4 is 16.1 Å². The van der Waals surface area contributed by atoms with E-state index in [9.17, 15) is 8.42 Å². The molecule has 1 aromatic carbocycles. The zero-order valence-corrected chi connectivity index (χ0v) is 8.80. The van der Waals surface area contributed by atoms with Gasteiger partial charge in [-0.15, -0.1) is 8.42 Å². The third kappa shape index (κ3) is 1.83. The van der Waals surface area contributed by atoms with Crippen molar-refractivity contribution in [1.29, 1.82) is 0 Å². The largest absolute Gasteiger partial charge is 0.501 e. The van der Waals surface area contributed by atoms with Crippen molar-refractivity contribution < 1.29 is 22.3 Å². The first kappa shape index (κ1) is 11.6. The Hall–Kier alpha value is -1.47. The zero-order valence-electron chi connectivity index (χ0n) is 7.98. The van der Waals surface area contributed by atoms with Gasteiger partial charge in [0.2, 0.25) is 0 Å². The van der Waals surface area contributed by atoms with Gasteiger partial charge in [-0.25, -0.2) is 0 Å². The highest BCUT2D eigenvalue weighted by molar-refractivity contribution is 7.82. The van der Waals surface area contributed by atoms with E-state index < -0.39 is 10.4 Å². The van der Waals surface area contributed by atoms with Crippen LogP contribution in [-0.2, 0) is 16.8 Å². The Morgan fingerprint density at radius 1 is 1.33 bits per heavy atom. The topological polar surface area (TPSA) is 110 Å². The summed E-state index contributed by atoms with van der Waals surface area (Å²) in [6, 6.07) is 3.08. The molecule has 7 heteroatoms. The van der Waals surface area contributed by atoms with Crippen LogP contribution < -0.4 is 14.1 Å². The Bertz CT molecular complexity index is 482. The average Bonchev–Trinajstić information content (AvgIpc) is 2.39. The summed E-state index contributed by atoms with van der Waals surface area (Å²) in [7, 11) is -3.91. The minimum atomic E-state index is -3.91. The Morgan fingerprint density at radius 3 is 2.60 bits per heavy atom. The van der Waals surface area contributed by atoms with Gasteiger partial charge in [0.1, 0.15) is 0 Å². The highest BCUT2D eigenvalue weighted by atomic mass is 32.3. The zero-order chi connectivity index (χ0) is 10.3. The van der Waals surface area contributed by atoms with Gasteiger partial charge in [-0.3, -0.25) is 0 Å². The van der Waals surface area contributed by atoms with Crippen LogP contribution in [0.4, 0.5) is 5.69 Å². The second-order valence-electron chi connectivity index (χ2n) is 2.89. The summed E-state index contributed by atoms with van der Waals surface area (Å²) in [5.74, 6) is 0.420. The molecule has 0 bridgehead atoms. The molecule has 0 saturated heterocycles. The van der Waals surface area contributed by atoms with E-state index in [4.69, 9.17) is 5.73 Å². The van der Waals surface area contributed by atoms with Gasteiger partial charge in [-0.1, -0.05) is 6.92 Å². The van der Waals surface area contributed by atoms with Crippen LogP contribution in [0.3, 0.4) is 0 Å². The fraction of sp³-hybridized carbons (Fsp3) is 0.250. The molecule has 0 spiro atoms. The maximum atomic E-state index is 11.0. The predicted octanol–water partition coefficient (Wildman–Crippen LogP) is 0.0225. The Labute approximate surface area is 87.2 Å². The molecule has 0 atom stereocenters. The predicted molar refractivity (Wildman–Crippen MR) is 54.0 cm³/mol. The molecule has 2 rings (SSSR count). The van der Waals surface area contributed by atoms with Gasteiger partial charge >= 0.3 is 10.4 Å². The van der Waals surface area contributed by atoms with Crippen LogP contribution in [0.25, 0.3) is 0 Å². The van der Waals surface area contributed by atoms with Gasteiger partial charge in [0.25, 0.3) is 0 Å². The molecule has 1 heterocycles. The quantitative estimate of drug-likeness (QED) is 0.687. The van der Waals surface area contributed by atoms with Crippen molar-refractivity contribution in [3.8, 4) is 11.5 Å². The lowest BCUT2D eigenvalue weighted by molar-refractivity contribution is 0.436. The van der Waals surface area contributed by atoms with Gasteiger partial charge < -0.3 is 19.6 Å². The lowest BCUT2D eigenvalue weighted by Crippen LogP contribution is -2.08. The van der Waals surface area contributed by atoms with E-state index in [1.54, 1.807) is 6.07 Å². The molecule has 84 valence electrons. The molecule has 0 radical (unpaired) electrons. The lowest BCUT2D eigenvalue weighted by atomic mass is 10.1. The maximum absolute atomic E-state index is 11.0. The van der Waals surface area contributed by atoms with Crippen LogP contribution in [0, 0.1) is 0 Å². The van der Waals surface area contributed by atoms with Gasteiger partial charge in [0.15, 0.2) is 11.5 Å². The fourth-order valence-corrected chi connectivity index (χ4v) is 2.14. The van der Waals surface area contributed by atoms with E-state index in [0.29, 0.717) is 17.7 Å². The number of nitrogen functional groups attached to an aromatic ring is 1. The minimum Gasteiger partial charge on any atom is -0.412 e. The van der Waals surface area contributed by atoms with Crippen LogP contribution in [0.5, 0.6) is 11.5 Å². The van der Waals surface area contributed by atoms with Crippen LogP contribution in [-0.4, -0.2) is 13.9 Å². The standard InChI is InChI=1S/C8H9NO4S.H2O/c1-2-5-6(9)3-4-7-8(5)13-14(10,11)12-7;/h3-4H,2,9H2,1H3;1H2. The maximum Gasteiger partial charge on any atom is 0.501 e. The molecule has 15 heavy (non-hydrogen) atoms. The number of rotatable bonds is 1. The molecule has 1 aliphatic rings. The van der Waals surface area contributed by atoms with Crippen molar-refractivity contribution in [3.05, 3.63) is 17.7 Å². The third-order valence-corrected chi connectivity index (χ3v) is 2.75. The summed E-state index contributed by atoms with van der Waals surface area (Å²) in [5, 5.41) is 0. The number of nitrogens with two attached hydrogens (primary N) is 1. The molecule has 1 aromatic rings. The van der Waals surface area contributed by atoms with E-state index in [1.807, 2.05) is 6.92 Å². The number of hydrogen-bond donors (Lipinski definition) is 1. The van der Waals surface area contributed by atoms with Crippen LogP contribution in [0.1, 0.15) is 12.5 Å². The second-order valence-corrected chi connectivity index (χ2v) is 4.04. The van der Waals surface area contributed by atoms with Crippen LogP contribution >= 0.6 is 0 Å². The van der Waals surface area contributed by atoms with Crippen molar-refractivity contribution in [1.82, 2.24) is 0 Å². The summed E-state index contributed by atoms with van der Waals surface area (Å²) in [4.78, 5) is 0.